The number of hydrogen-bond donors (Lipinski definition) is 1. The van der Waals surface area contributed by atoms with Crippen molar-refractivity contribution >= 4 is 0 Å². The first-order chi connectivity index (χ1) is 8.13. The summed E-state index contributed by atoms with van der Waals surface area (Å²) in [6.45, 7) is 5.60. The normalized spacial score (nSPS) is 19.1. The van der Waals surface area contributed by atoms with Gasteiger partial charge in [-0.3, -0.25) is 4.68 Å². The molecule has 4 heteroatoms. The predicted octanol–water partition coefficient (Wildman–Crippen LogP) is 1.92. The SMILES string of the molecule is COc1cnn(C)c1C(C)C(C)CNC1CC1. The van der Waals surface area contributed by atoms with Crippen LogP contribution in [0, 0.1) is 5.92 Å². The van der Waals surface area contributed by atoms with Crippen LogP contribution in [-0.4, -0.2) is 29.5 Å². The minimum absolute atomic E-state index is 0.448. The van der Waals surface area contributed by atoms with E-state index < -0.39 is 0 Å². The Balaban J connectivity index is 2.00. The summed E-state index contributed by atoms with van der Waals surface area (Å²) < 4.78 is 7.30. The van der Waals surface area contributed by atoms with E-state index in [0.29, 0.717) is 11.8 Å². The van der Waals surface area contributed by atoms with E-state index in [1.807, 2.05) is 11.7 Å². The van der Waals surface area contributed by atoms with Crippen molar-refractivity contribution < 1.29 is 4.74 Å². The minimum atomic E-state index is 0.448. The van der Waals surface area contributed by atoms with Crippen molar-refractivity contribution in [1.82, 2.24) is 15.1 Å². The van der Waals surface area contributed by atoms with Gasteiger partial charge >= 0.3 is 0 Å². The van der Waals surface area contributed by atoms with Gasteiger partial charge in [0.2, 0.25) is 0 Å². The van der Waals surface area contributed by atoms with Gasteiger partial charge in [-0.25, -0.2) is 0 Å². The average molecular weight is 237 g/mol. The molecule has 0 radical (unpaired) electrons. The van der Waals surface area contributed by atoms with Gasteiger partial charge in [-0.1, -0.05) is 13.8 Å². The molecule has 0 bridgehead atoms. The molecule has 0 spiro atoms. The second-order valence-corrected chi connectivity index (χ2v) is 5.17. The Morgan fingerprint density at radius 2 is 2.24 bits per heavy atom. The molecule has 1 aromatic heterocycles. The molecule has 0 aromatic carbocycles. The fraction of sp³-hybridized carbons (Fsp3) is 0.769. The van der Waals surface area contributed by atoms with Crippen molar-refractivity contribution in [3.8, 4) is 5.75 Å². The van der Waals surface area contributed by atoms with Crippen molar-refractivity contribution in [2.75, 3.05) is 13.7 Å². The Hall–Kier alpha value is -1.03. The van der Waals surface area contributed by atoms with E-state index in [1.54, 1.807) is 13.3 Å². The third-order valence-electron chi connectivity index (χ3n) is 3.76. The standard InChI is InChI=1S/C13H23N3O/c1-9(7-14-11-5-6-11)10(2)13-12(17-4)8-15-16(13)3/h8-11,14H,5-7H2,1-4H3. The lowest BCUT2D eigenvalue weighted by atomic mass is 9.92. The Bertz CT molecular complexity index is 371. The van der Waals surface area contributed by atoms with Crippen LogP contribution in [0.25, 0.3) is 0 Å². The van der Waals surface area contributed by atoms with Crippen molar-refractivity contribution in [2.24, 2.45) is 13.0 Å². The lowest BCUT2D eigenvalue weighted by molar-refractivity contribution is 0.381. The van der Waals surface area contributed by atoms with Gasteiger partial charge in [-0.15, -0.1) is 0 Å². The summed E-state index contributed by atoms with van der Waals surface area (Å²) in [4.78, 5) is 0. The molecule has 1 aromatic rings. The van der Waals surface area contributed by atoms with Crippen molar-refractivity contribution in [3.05, 3.63) is 11.9 Å². The lowest BCUT2D eigenvalue weighted by Crippen LogP contribution is -2.27. The van der Waals surface area contributed by atoms with Crippen LogP contribution in [0.1, 0.15) is 38.3 Å². The van der Waals surface area contributed by atoms with Crippen LogP contribution in [0.4, 0.5) is 0 Å². The summed E-state index contributed by atoms with van der Waals surface area (Å²) in [7, 11) is 3.69. The second-order valence-electron chi connectivity index (χ2n) is 5.17. The van der Waals surface area contributed by atoms with E-state index in [9.17, 15) is 0 Å². The largest absolute Gasteiger partial charge is 0.493 e. The summed E-state index contributed by atoms with van der Waals surface area (Å²) in [6, 6.07) is 0.776. The molecule has 0 saturated heterocycles. The fourth-order valence-electron chi connectivity index (χ4n) is 2.19. The van der Waals surface area contributed by atoms with Gasteiger partial charge in [0, 0.05) is 19.0 Å². The van der Waals surface area contributed by atoms with E-state index in [0.717, 1.165) is 18.3 Å². The minimum Gasteiger partial charge on any atom is -0.493 e. The highest BCUT2D eigenvalue weighted by Crippen LogP contribution is 2.31. The molecule has 96 valence electrons. The van der Waals surface area contributed by atoms with Crippen molar-refractivity contribution in [3.63, 3.8) is 0 Å². The number of aromatic nitrogens is 2. The maximum absolute atomic E-state index is 5.37. The Morgan fingerprint density at radius 1 is 1.53 bits per heavy atom. The van der Waals surface area contributed by atoms with E-state index in [-0.39, 0.29) is 0 Å². The van der Waals surface area contributed by atoms with E-state index >= 15 is 0 Å². The zero-order valence-electron chi connectivity index (χ0n) is 11.2. The molecule has 0 aliphatic heterocycles. The maximum Gasteiger partial charge on any atom is 0.160 e. The number of aryl methyl sites for hydroxylation is 1. The number of ether oxygens (including phenoxy) is 1. The van der Waals surface area contributed by atoms with Crippen LogP contribution in [0.5, 0.6) is 5.75 Å². The summed E-state index contributed by atoms with van der Waals surface area (Å²) in [5, 5.41) is 7.86. The first-order valence-electron chi connectivity index (χ1n) is 6.42. The molecule has 2 atom stereocenters. The number of nitrogens with one attached hydrogen (secondary N) is 1. The topological polar surface area (TPSA) is 39.1 Å². The molecule has 1 aliphatic rings. The third kappa shape index (κ3) is 2.80. The zero-order chi connectivity index (χ0) is 12.4. The van der Waals surface area contributed by atoms with E-state index in [2.05, 4.69) is 24.3 Å². The maximum atomic E-state index is 5.37. The van der Waals surface area contributed by atoms with Crippen LogP contribution in [0.2, 0.25) is 0 Å². The molecule has 1 fully saturated rings. The van der Waals surface area contributed by atoms with Gasteiger partial charge in [0.25, 0.3) is 0 Å². The molecular weight excluding hydrogens is 214 g/mol. The van der Waals surface area contributed by atoms with Gasteiger partial charge < -0.3 is 10.1 Å². The number of rotatable bonds is 6. The summed E-state index contributed by atoms with van der Waals surface area (Å²) in [5.74, 6) is 1.93. The Morgan fingerprint density at radius 3 is 2.82 bits per heavy atom. The summed E-state index contributed by atoms with van der Waals surface area (Å²) in [5.41, 5.74) is 1.19. The Kier molecular flexibility index (Phi) is 3.72. The van der Waals surface area contributed by atoms with Gasteiger partial charge in [-0.05, 0) is 25.3 Å². The zero-order valence-corrected chi connectivity index (χ0v) is 11.2. The number of methoxy groups -OCH3 is 1. The van der Waals surface area contributed by atoms with E-state index in [1.165, 1.54) is 18.5 Å². The highest BCUT2D eigenvalue weighted by molar-refractivity contribution is 5.28. The predicted molar refractivity (Wildman–Crippen MR) is 68.4 cm³/mol. The number of nitrogens with zero attached hydrogens (tertiary/aromatic N) is 2. The first-order valence-corrected chi connectivity index (χ1v) is 6.42. The molecule has 0 amide bonds. The molecule has 2 rings (SSSR count). The number of hydrogen-bond acceptors (Lipinski definition) is 3. The quantitative estimate of drug-likeness (QED) is 0.821. The summed E-state index contributed by atoms with van der Waals surface area (Å²) in [6.07, 6.45) is 4.49. The van der Waals surface area contributed by atoms with Crippen molar-refractivity contribution in [2.45, 2.75) is 38.6 Å². The monoisotopic (exact) mass is 237 g/mol. The lowest BCUT2D eigenvalue weighted by Gasteiger charge is -2.21. The molecule has 1 aliphatic carbocycles. The highest BCUT2D eigenvalue weighted by atomic mass is 16.5. The smallest absolute Gasteiger partial charge is 0.160 e. The van der Waals surface area contributed by atoms with E-state index in [4.69, 9.17) is 4.74 Å². The molecule has 1 N–H and O–H groups in total. The van der Waals surface area contributed by atoms with Crippen molar-refractivity contribution in [1.29, 1.82) is 0 Å². The van der Waals surface area contributed by atoms with Gasteiger partial charge in [-0.2, -0.15) is 5.10 Å². The van der Waals surface area contributed by atoms with Gasteiger partial charge in [0.05, 0.1) is 19.0 Å². The average Bonchev–Trinajstić information content (AvgIpc) is 3.08. The highest BCUT2D eigenvalue weighted by Gasteiger charge is 2.25. The molecular formula is C13H23N3O. The molecule has 4 nitrogen and oxygen atoms in total. The second kappa shape index (κ2) is 5.08. The fourth-order valence-corrected chi connectivity index (χ4v) is 2.19. The molecule has 2 unspecified atom stereocenters. The third-order valence-corrected chi connectivity index (χ3v) is 3.76. The summed E-state index contributed by atoms with van der Waals surface area (Å²) >= 11 is 0. The van der Waals surface area contributed by atoms with Crippen LogP contribution in [0.15, 0.2) is 6.20 Å². The Labute approximate surface area is 103 Å². The van der Waals surface area contributed by atoms with Crippen LogP contribution in [-0.2, 0) is 7.05 Å². The van der Waals surface area contributed by atoms with Crippen LogP contribution < -0.4 is 10.1 Å². The first kappa shape index (κ1) is 12.4. The molecule has 17 heavy (non-hydrogen) atoms. The molecule has 1 heterocycles. The molecule has 1 saturated carbocycles. The van der Waals surface area contributed by atoms with Gasteiger partial charge in [0.15, 0.2) is 5.75 Å². The van der Waals surface area contributed by atoms with Gasteiger partial charge in [0.1, 0.15) is 0 Å². The van der Waals surface area contributed by atoms with Crippen LogP contribution in [0.3, 0.4) is 0 Å². The van der Waals surface area contributed by atoms with Crippen LogP contribution >= 0.6 is 0 Å².